The quantitative estimate of drug-likeness (QED) is 0.598. The van der Waals surface area contributed by atoms with Crippen LogP contribution in [-0.2, 0) is 4.74 Å². The molecule has 10 heavy (non-hydrogen) atoms. The highest BCUT2D eigenvalue weighted by Crippen LogP contribution is 2.21. The molecule has 2 N–H and O–H groups in total. The summed E-state index contributed by atoms with van der Waals surface area (Å²) in [6.07, 6.45) is 2.41. The van der Waals surface area contributed by atoms with E-state index in [2.05, 4.69) is 20.8 Å². The van der Waals surface area contributed by atoms with Crippen LogP contribution in [0.15, 0.2) is 0 Å². The van der Waals surface area contributed by atoms with Gasteiger partial charge in [0.25, 0.3) is 0 Å². The third kappa shape index (κ3) is 4.77. The molecule has 0 atom stereocenters. The predicted molar refractivity (Wildman–Crippen MR) is 43.7 cm³/mol. The molecule has 0 spiro atoms. The molecule has 0 saturated heterocycles. The Morgan fingerprint density at radius 3 is 2.40 bits per heavy atom. The monoisotopic (exact) mass is 145 g/mol. The zero-order valence-electron chi connectivity index (χ0n) is 7.31. The van der Waals surface area contributed by atoms with Crippen LogP contribution in [0.4, 0.5) is 0 Å². The minimum absolute atomic E-state index is 0.300. The molecule has 0 rings (SSSR count). The Morgan fingerprint density at radius 1 is 1.40 bits per heavy atom. The molecule has 62 valence electrons. The predicted octanol–water partition coefficient (Wildman–Crippen LogP) is 1.75. The van der Waals surface area contributed by atoms with Crippen molar-refractivity contribution < 1.29 is 4.74 Å². The van der Waals surface area contributed by atoms with Crippen LogP contribution in [0.5, 0.6) is 0 Å². The van der Waals surface area contributed by atoms with Crippen LogP contribution in [0.2, 0.25) is 0 Å². The average molecular weight is 145 g/mol. The summed E-state index contributed by atoms with van der Waals surface area (Å²) < 4.78 is 5.13. The van der Waals surface area contributed by atoms with Gasteiger partial charge in [-0.1, -0.05) is 27.2 Å². The molecule has 2 nitrogen and oxygen atoms in total. The van der Waals surface area contributed by atoms with Gasteiger partial charge in [-0.25, -0.2) is 0 Å². The molecule has 2 heteroatoms. The van der Waals surface area contributed by atoms with Crippen LogP contribution >= 0.6 is 0 Å². The number of ether oxygens (including phenoxy) is 1. The van der Waals surface area contributed by atoms with Crippen LogP contribution in [-0.4, -0.2) is 13.3 Å². The van der Waals surface area contributed by atoms with Gasteiger partial charge in [-0.3, -0.25) is 0 Å². The molecular weight excluding hydrogens is 126 g/mol. The molecule has 0 heterocycles. The maximum Gasteiger partial charge on any atom is 0.0940 e. The average Bonchev–Trinajstić information content (AvgIpc) is 1.84. The van der Waals surface area contributed by atoms with E-state index in [0.717, 1.165) is 6.61 Å². The second-order valence-corrected chi connectivity index (χ2v) is 3.43. The minimum atomic E-state index is 0.300. The molecule has 0 aromatic heterocycles. The lowest BCUT2D eigenvalue weighted by Gasteiger charge is -2.22. The molecule has 0 aliphatic heterocycles. The third-order valence-corrected chi connectivity index (χ3v) is 1.54. The highest BCUT2D eigenvalue weighted by atomic mass is 16.5. The van der Waals surface area contributed by atoms with Gasteiger partial charge in [-0.15, -0.1) is 0 Å². The van der Waals surface area contributed by atoms with Crippen molar-refractivity contribution in [3.8, 4) is 0 Å². The van der Waals surface area contributed by atoms with Gasteiger partial charge in [-0.2, -0.15) is 0 Å². The summed E-state index contributed by atoms with van der Waals surface area (Å²) in [6, 6.07) is 0. The van der Waals surface area contributed by atoms with E-state index in [1.54, 1.807) is 0 Å². The van der Waals surface area contributed by atoms with Crippen LogP contribution in [0.3, 0.4) is 0 Å². The van der Waals surface area contributed by atoms with Crippen LogP contribution < -0.4 is 5.73 Å². The molecule has 0 unspecified atom stereocenters. The molecule has 0 amide bonds. The highest BCUT2D eigenvalue weighted by molar-refractivity contribution is 4.66. The molecule has 0 saturated carbocycles. The number of hydrogen-bond acceptors (Lipinski definition) is 2. The standard InChI is InChI=1S/C8H19NO/c1-4-5-8(2,3)6-10-7-9/h4-7,9H2,1-3H3. The molecule has 0 radical (unpaired) electrons. The van der Waals surface area contributed by atoms with Crippen molar-refractivity contribution in [1.82, 2.24) is 0 Å². The van der Waals surface area contributed by atoms with Crippen LogP contribution in [0.1, 0.15) is 33.6 Å². The van der Waals surface area contributed by atoms with Crippen molar-refractivity contribution in [3.05, 3.63) is 0 Å². The largest absolute Gasteiger partial charge is 0.366 e. The number of nitrogens with two attached hydrogens (primary N) is 1. The van der Waals surface area contributed by atoms with Crippen LogP contribution in [0, 0.1) is 5.41 Å². The first kappa shape index (κ1) is 9.92. The van der Waals surface area contributed by atoms with E-state index in [1.807, 2.05) is 0 Å². The molecule has 0 aliphatic carbocycles. The van der Waals surface area contributed by atoms with Crippen molar-refractivity contribution in [3.63, 3.8) is 0 Å². The highest BCUT2D eigenvalue weighted by Gasteiger charge is 2.15. The number of rotatable bonds is 5. The SMILES string of the molecule is CCCC(C)(C)COCN. The van der Waals surface area contributed by atoms with Crippen molar-refractivity contribution >= 4 is 0 Å². The first-order valence-electron chi connectivity index (χ1n) is 3.90. The van der Waals surface area contributed by atoms with Crippen molar-refractivity contribution in [2.45, 2.75) is 33.6 Å². The van der Waals surface area contributed by atoms with Crippen molar-refractivity contribution in [1.29, 1.82) is 0 Å². The number of hydrogen-bond donors (Lipinski definition) is 1. The van der Waals surface area contributed by atoms with Crippen LogP contribution in [0.25, 0.3) is 0 Å². The fourth-order valence-electron chi connectivity index (χ4n) is 1.08. The Morgan fingerprint density at radius 2 is 2.00 bits per heavy atom. The maximum atomic E-state index is 5.21. The lowest BCUT2D eigenvalue weighted by Crippen LogP contribution is -2.21. The molecule has 0 aromatic rings. The second-order valence-electron chi connectivity index (χ2n) is 3.43. The van der Waals surface area contributed by atoms with Gasteiger partial charge in [0.05, 0.1) is 13.3 Å². The van der Waals surface area contributed by atoms with E-state index in [1.165, 1.54) is 12.8 Å². The smallest absolute Gasteiger partial charge is 0.0940 e. The zero-order valence-corrected chi connectivity index (χ0v) is 7.31. The topological polar surface area (TPSA) is 35.2 Å². The summed E-state index contributed by atoms with van der Waals surface area (Å²) in [7, 11) is 0. The molecule has 0 fully saturated rings. The molecular formula is C8H19NO. The fourth-order valence-corrected chi connectivity index (χ4v) is 1.08. The first-order valence-corrected chi connectivity index (χ1v) is 3.90. The Balaban J connectivity index is 3.42. The Hall–Kier alpha value is -0.0800. The van der Waals surface area contributed by atoms with Gasteiger partial charge in [0.1, 0.15) is 0 Å². The lowest BCUT2D eigenvalue weighted by molar-refractivity contribution is 0.0615. The second kappa shape index (κ2) is 4.69. The van der Waals surface area contributed by atoms with E-state index in [-0.39, 0.29) is 0 Å². The third-order valence-electron chi connectivity index (χ3n) is 1.54. The van der Waals surface area contributed by atoms with Gasteiger partial charge in [-0.05, 0) is 11.8 Å². The molecule has 0 aliphatic rings. The van der Waals surface area contributed by atoms with E-state index >= 15 is 0 Å². The summed E-state index contributed by atoms with van der Waals surface area (Å²) in [5, 5.41) is 0. The van der Waals surface area contributed by atoms with Gasteiger partial charge in [0, 0.05) is 0 Å². The lowest BCUT2D eigenvalue weighted by atomic mass is 9.89. The van der Waals surface area contributed by atoms with Gasteiger partial charge in [0.15, 0.2) is 0 Å². The van der Waals surface area contributed by atoms with Crippen molar-refractivity contribution in [2.24, 2.45) is 11.1 Å². The summed E-state index contributed by atoms with van der Waals surface area (Å²) >= 11 is 0. The van der Waals surface area contributed by atoms with E-state index in [9.17, 15) is 0 Å². The zero-order chi connectivity index (χ0) is 8.04. The summed E-state index contributed by atoms with van der Waals surface area (Å²) in [5.41, 5.74) is 5.51. The van der Waals surface area contributed by atoms with Crippen molar-refractivity contribution in [2.75, 3.05) is 13.3 Å². The van der Waals surface area contributed by atoms with Gasteiger partial charge < -0.3 is 10.5 Å². The Labute approximate surface area is 63.7 Å². The maximum absolute atomic E-state index is 5.21. The normalized spacial score (nSPS) is 12.0. The Kier molecular flexibility index (Phi) is 4.65. The Bertz CT molecular complexity index is 81.3. The summed E-state index contributed by atoms with van der Waals surface area (Å²) in [4.78, 5) is 0. The van der Waals surface area contributed by atoms with E-state index in [0.29, 0.717) is 12.1 Å². The van der Waals surface area contributed by atoms with E-state index < -0.39 is 0 Å². The summed E-state index contributed by atoms with van der Waals surface area (Å²) in [5.74, 6) is 0. The molecule has 0 aromatic carbocycles. The van der Waals surface area contributed by atoms with Gasteiger partial charge in [0.2, 0.25) is 0 Å². The summed E-state index contributed by atoms with van der Waals surface area (Å²) in [6.45, 7) is 7.70. The minimum Gasteiger partial charge on any atom is -0.366 e. The molecule has 0 bridgehead atoms. The van der Waals surface area contributed by atoms with Gasteiger partial charge >= 0.3 is 0 Å². The van der Waals surface area contributed by atoms with E-state index in [4.69, 9.17) is 10.5 Å². The fraction of sp³-hybridized carbons (Fsp3) is 1.00. The first-order chi connectivity index (χ1) is 4.62.